The Labute approximate surface area is 131 Å². The molecule has 3 nitrogen and oxygen atoms in total. The fourth-order valence-corrected chi connectivity index (χ4v) is 2.12. The normalized spacial score (nSPS) is 11.5. The summed E-state index contributed by atoms with van der Waals surface area (Å²) in [6, 6.07) is 13.3. The summed E-state index contributed by atoms with van der Waals surface area (Å²) in [6.45, 7) is 7.33. The van der Waals surface area contributed by atoms with Gasteiger partial charge < -0.3 is 14.6 Å². The maximum Gasteiger partial charge on any atom is 0.162 e. The Morgan fingerprint density at radius 2 is 1.64 bits per heavy atom. The lowest BCUT2D eigenvalue weighted by molar-refractivity contribution is 0.113. The first-order valence-corrected chi connectivity index (χ1v) is 7.02. The molecule has 0 radical (unpaired) electrons. The van der Waals surface area contributed by atoms with Crippen molar-refractivity contribution in [2.45, 2.75) is 6.10 Å². The number of ether oxygens (including phenoxy) is 2. The first-order valence-electron chi connectivity index (χ1n) is 7.02. The molecule has 2 aromatic carbocycles. The van der Waals surface area contributed by atoms with Gasteiger partial charge in [-0.2, -0.15) is 0 Å². The zero-order valence-corrected chi connectivity index (χ0v) is 12.7. The average Bonchev–Trinajstić information content (AvgIpc) is 2.59. The van der Waals surface area contributed by atoms with E-state index in [0.717, 1.165) is 16.7 Å². The zero-order chi connectivity index (χ0) is 15.9. The second kappa shape index (κ2) is 7.48. The molecule has 0 saturated heterocycles. The van der Waals surface area contributed by atoms with Crippen LogP contribution in [0.5, 0.6) is 11.5 Å². The van der Waals surface area contributed by atoms with Gasteiger partial charge in [-0.1, -0.05) is 55.6 Å². The van der Waals surface area contributed by atoms with Crippen LogP contribution in [0.15, 0.2) is 55.6 Å². The second-order valence-electron chi connectivity index (χ2n) is 4.77. The maximum absolute atomic E-state index is 9.63. The third-order valence-electron chi connectivity index (χ3n) is 3.40. The number of aliphatic hydroxyl groups excluding tert-OH is 1. The molecule has 0 spiro atoms. The van der Waals surface area contributed by atoms with Crippen LogP contribution in [0.3, 0.4) is 0 Å². The first-order chi connectivity index (χ1) is 10.7. The van der Waals surface area contributed by atoms with Crippen molar-refractivity contribution in [3.8, 4) is 11.5 Å². The van der Waals surface area contributed by atoms with E-state index in [0.29, 0.717) is 11.5 Å². The fraction of sp³-hybridized carbons (Fsp3) is 0.158. The Morgan fingerprint density at radius 1 is 1.00 bits per heavy atom. The molecule has 114 valence electrons. The number of aliphatic hydroxyl groups is 1. The molecule has 0 bridgehead atoms. The van der Waals surface area contributed by atoms with Crippen molar-refractivity contribution in [1.29, 1.82) is 0 Å². The molecule has 22 heavy (non-hydrogen) atoms. The summed E-state index contributed by atoms with van der Waals surface area (Å²) in [4.78, 5) is 0. The molecule has 0 aliphatic heterocycles. The lowest BCUT2D eigenvalue weighted by atomic mass is 10.1. The van der Waals surface area contributed by atoms with Crippen molar-refractivity contribution >= 4 is 12.2 Å². The van der Waals surface area contributed by atoms with Crippen LogP contribution in [-0.4, -0.2) is 18.8 Å². The van der Waals surface area contributed by atoms with Crippen LogP contribution in [0.1, 0.15) is 22.8 Å². The lowest BCUT2D eigenvalue weighted by Gasteiger charge is -2.19. The minimum Gasteiger partial charge on any atom is -0.493 e. The average molecular weight is 296 g/mol. The van der Waals surface area contributed by atoms with E-state index >= 15 is 0 Å². The molecule has 0 fully saturated rings. The SMILES string of the molecule is C=Cc1ccc(C(CO)Oc2ccc(C=C)cc2OC)cc1. The highest BCUT2D eigenvalue weighted by Crippen LogP contribution is 2.32. The Balaban J connectivity index is 2.25. The van der Waals surface area contributed by atoms with Gasteiger partial charge in [0.25, 0.3) is 0 Å². The fourth-order valence-electron chi connectivity index (χ4n) is 2.12. The summed E-state index contributed by atoms with van der Waals surface area (Å²) in [5.74, 6) is 1.19. The first kappa shape index (κ1) is 15.9. The molecule has 2 aromatic rings. The van der Waals surface area contributed by atoms with Gasteiger partial charge in [-0.3, -0.25) is 0 Å². The molecule has 0 aliphatic carbocycles. The molecule has 1 unspecified atom stereocenters. The third kappa shape index (κ3) is 3.57. The van der Waals surface area contributed by atoms with Crippen LogP contribution in [-0.2, 0) is 0 Å². The van der Waals surface area contributed by atoms with Crippen molar-refractivity contribution < 1.29 is 14.6 Å². The van der Waals surface area contributed by atoms with E-state index in [2.05, 4.69) is 13.2 Å². The molecular formula is C19H20O3. The Kier molecular flexibility index (Phi) is 5.39. The van der Waals surface area contributed by atoms with Crippen LogP contribution in [0.4, 0.5) is 0 Å². The molecular weight excluding hydrogens is 276 g/mol. The van der Waals surface area contributed by atoms with E-state index in [9.17, 15) is 5.11 Å². The van der Waals surface area contributed by atoms with Gasteiger partial charge in [0.1, 0.15) is 6.10 Å². The molecule has 1 atom stereocenters. The number of benzene rings is 2. The van der Waals surface area contributed by atoms with Crippen LogP contribution < -0.4 is 9.47 Å². The third-order valence-corrected chi connectivity index (χ3v) is 3.40. The van der Waals surface area contributed by atoms with Crippen LogP contribution in [0.25, 0.3) is 12.2 Å². The van der Waals surface area contributed by atoms with Gasteiger partial charge in [-0.25, -0.2) is 0 Å². The number of methoxy groups -OCH3 is 1. The minimum atomic E-state index is -0.456. The molecule has 0 aliphatic rings. The van der Waals surface area contributed by atoms with E-state index in [1.807, 2.05) is 42.5 Å². The van der Waals surface area contributed by atoms with Crippen LogP contribution >= 0.6 is 0 Å². The number of rotatable bonds is 7. The second-order valence-corrected chi connectivity index (χ2v) is 4.77. The van der Waals surface area contributed by atoms with Gasteiger partial charge in [-0.05, 0) is 28.8 Å². The smallest absolute Gasteiger partial charge is 0.162 e. The molecule has 2 rings (SSSR count). The minimum absolute atomic E-state index is 0.125. The van der Waals surface area contributed by atoms with Crippen molar-refractivity contribution in [3.63, 3.8) is 0 Å². The summed E-state index contributed by atoms with van der Waals surface area (Å²) in [5, 5.41) is 9.63. The van der Waals surface area contributed by atoms with Gasteiger partial charge >= 0.3 is 0 Å². The Morgan fingerprint density at radius 3 is 2.18 bits per heavy atom. The van der Waals surface area contributed by atoms with E-state index in [4.69, 9.17) is 9.47 Å². The van der Waals surface area contributed by atoms with Gasteiger partial charge in [0.2, 0.25) is 0 Å². The highest BCUT2D eigenvalue weighted by molar-refractivity contribution is 5.54. The van der Waals surface area contributed by atoms with E-state index in [-0.39, 0.29) is 6.61 Å². The molecule has 1 N–H and O–H groups in total. The largest absolute Gasteiger partial charge is 0.493 e. The standard InChI is InChI=1S/C19H20O3/c1-4-14-6-9-16(10-7-14)19(13-20)22-17-11-8-15(5-2)12-18(17)21-3/h4-12,19-20H,1-2,13H2,3H3. The predicted octanol–water partition coefficient (Wildman–Crippen LogP) is 4.09. The Bertz CT molecular complexity index is 644. The zero-order valence-electron chi connectivity index (χ0n) is 12.7. The van der Waals surface area contributed by atoms with Crippen molar-refractivity contribution in [1.82, 2.24) is 0 Å². The lowest BCUT2D eigenvalue weighted by Crippen LogP contribution is -2.12. The van der Waals surface area contributed by atoms with Crippen molar-refractivity contribution in [3.05, 3.63) is 72.3 Å². The topological polar surface area (TPSA) is 38.7 Å². The summed E-state index contributed by atoms with van der Waals surface area (Å²) in [5.41, 5.74) is 2.86. The van der Waals surface area contributed by atoms with E-state index < -0.39 is 6.10 Å². The summed E-state index contributed by atoms with van der Waals surface area (Å²) >= 11 is 0. The van der Waals surface area contributed by atoms with Gasteiger partial charge in [0, 0.05) is 0 Å². The van der Waals surface area contributed by atoms with Crippen LogP contribution in [0.2, 0.25) is 0 Å². The van der Waals surface area contributed by atoms with Gasteiger partial charge in [0.15, 0.2) is 11.5 Å². The molecule has 0 heterocycles. The highest BCUT2D eigenvalue weighted by Gasteiger charge is 2.15. The summed E-state index contributed by atoms with van der Waals surface area (Å²) < 4.78 is 11.2. The molecule has 0 amide bonds. The predicted molar refractivity (Wildman–Crippen MR) is 90.1 cm³/mol. The van der Waals surface area contributed by atoms with Crippen LogP contribution in [0, 0.1) is 0 Å². The molecule has 0 aromatic heterocycles. The highest BCUT2D eigenvalue weighted by atomic mass is 16.5. The number of hydrogen-bond donors (Lipinski definition) is 1. The summed E-state index contributed by atoms with van der Waals surface area (Å²) in [6.07, 6.45) is 3.06. The molecule has 3 heteroatoms. The van der Waals surface area contributed by atoms with Gasteiger partial charge in [0.05, 0.1) is 13.7 Å². The maximum atomic E-state index is 9.63. The molecule has 0 saturated carbocycles. The van der Waals surface area contributed by atoms with E-state index in [1.165, 1.54) is 0 Å². The van der Waals surface area contributed by atoms with Crippen molar-refractivity contribution in [2.75, 3.05) is 13.7 Å². The van der Waals surface area contributed by atoms with Gasteiger partial charge in [-0.15, -0.1) is 0 Å². The van der Waals surface area contributed by atoms with E-state index in [1.54, 1.807) is 19.3 Å². The number of hydrogen-bond acceptors (Lipinski definition) is 3. The van der Waals surface area contributed by atoms with Crippen molar-refractivity contribution in [2.24, 2.45) is 0 Å². The Hall–Kier alpha value is -2.52. The monoisotopic (exact) mass is 296 g/mol. The quantitative estimate of drug-likeness (QED) is 0.836. The summed E-state index contributed by atoms with van der Waals surface area (Å²) in [7, 11) is 1.59.